The Labute approximate surface area is 122 Å². The molecule has 0 heterocycles. The molecule has 0 aliphatic rings. The molecule has 0 aromatic heterocycles. The molecule has 0 radical (unpaired) electrons. The van der Waals surface area contributed by atoms with Gasteiger partial charge in [0, 0.05) is 11.6 Å². The molecule has 0 aliphatic carbocycles. The quantitative estimate of drug-likeness (QED) is 0.807. The minimum atomic E-state index is 0.554. The van der Waals surface area contributed by atoms with Crippen molar-refractivity contribution in [3.05, 3.63) is 63.1 Å². The minimum Gasteiger partial charge on any atom is -0.383 e. The molecule has 0 saturated heterocycles. The van der Waals surface area contributed by atoms with E-state index in [4.69, 9.17) is 34.8 Å². The normalized spacial score (nSPS) is 10.4. The summed E-state index contributed by atoms with van der Waals surface area (Å²) in [7, 11) is 0. The third-order valence-electron chi connectivity index (χ3n) is 2.62. The second-order valence-electron chi connectivity index (χ2n) is 3.87. The van der Waals surface area contributed by atoms with Gasteiger partial charge in [-0.2, -0.15) is 0 Å². The van der Waals surface area contributed by atoms with Crippen molar-refractivity contribution < 1.29 is 0 Å². The summed E-state index contributed by atoms with van der Waals surface area (Å²) in [6.07, 6.45) is 0.836. The summed E-state index contributed by atoms with van der Waals surface area (Å²) < 4.78 is 0. The largest absolute Gasteiger partial charge is 0.383 e. The highest BCUT2D eigenvalue weighted by atomic mass is 35.5. The fourth-order valence-corrected chi connectivity index (χ4v) is 2.27. The SMILES string of the molecule is Clc1ccccc1CCNc1cccc(Cl)c1Cl. The molecular formula is C14H12Cl3N. The Kier molecular flexibility index (Phi) is 4.76. The predicted molar refractivity (Wildman–Crippen MR) is 80.1 cm³/mol. The molecule has 18 heavy (non-hydrogen) atoms. The Morgan fingerprint density at radius 1 is 0.833 bits per heavy atom. The third kappa shape index (κ3) is 3.32. The highest BCUT2D eigenvalue weighted by Gasteiger charge is 2.04. The van der Waals surface area contributed by atoms with Crippen LogP contribution in [-0.2, 0) is 6.42 Å². The molecule has 0 bridgehead atoms. The fraction of sp³-hybridized carbons (Fsp3) is 0.143. The molecule has 2 aromatic carbocycles. The molecule has 1 N–H and O–H groups in total. The maximum Gasteiger partial charge on any atom is 0.0823 e. The van der Waals surface area contributed by atoms with Crippen molar-refractivity contribution in [1.29, 1.82) is 0 Å². The van der Waals surface area contributed by atoms with Gasteiger partial charge >= 0.3 is 0 Å². The summed E-state index contributed by atoms with van der Waals surface area (Å²) >= 11 is 18.1. The van der Waals surface area contributed by atoms with Crippen LogP contribution in [0.25, 0.3) is 0 Å². The molecule has 0 unspecified atom stereocenters. The van der Waals surface area contributed by atoms with Gasteiger partial charge in [-0.25, -0.2) is 0 Å². The monoisotopic (exact) mass is 299 g/mol. The van der Waals surface area contributed by atoms with Gasteiger partial charge in [0.25, 0.3) is 0 Å². The van der Waals surface area contributed by atoms with Gasteiger partial charge in [0.05, 0.1) is 15.7 Å². The van der Waals surface area contributed by atoms with Crippen molar-refractivity contribution in [2.75, 3.05) is 11.9 Å². The number of anilines is 1. The molecule has 0 atom stereocenters. The zero-order valence-corrected chi connectivity index (χ0v) is 11.9. The Balaban J connectivity index is 1.97. The highest BCUT2D eigenvalue weighted by Crippen LogP contribution is 2.29. The van der Waals surface area contributed by atoms with Gasteiger partial charge in [-0.1, -0.05) is 59.1 Å². The van der Waals surface area contributed by atoms with E-state index in [-0.39, 0.29) is 0 Å². The van der Waals surface area contributed by atoms with E-state index >= 15 is 0 Å². The van der Waals surface area contributed by atoms with Crippen LogP contribution in [0, 0.1) is 0 Å². The number of nitrogens with one attached hydrogen (secondary N) is 1. The van der Waals surface area contributed by atoms with E-state index in [1.54, 1.807) is 6.07 Å². The molecule has 0 spiro atoms. The van der Waals surface area contributed by atoms with Crippen molar-refractivity contribution in [3.8, 4) is 0 Å². The average Bonchev–Trinajstić information content (AvgIpc) is 2.37. The van der Waals surface area contributed by atoms with Crippen molar-refractivity contribution >= 4 is 40.5 Å². The summed E-state index contributed by atoms with van der Waals surface area (Å²) in [5.74, 6) is 0. The summed E-state index contributed by atoms with van der Waals surface area (Å²) in [6, 6.07) is 13.4. The second kappa shape index (κ2) is 6.33. The lowest BCUT2D eigenvalue weighted by Gasteiger charge is -2.09. The fourth-order valence-electron chi connectivity index (χ4n) is 1.67. The van der Waals surface area contributed by atoms with Crippen LogP contribution in [-0.4, -0.2) is 6.54 Å². The number of rotatable bonds is 4. The Bertz CT molecular complexity index is 540. The van der Waals surface area contributed by atoms with Crippen LogP contribution in [0.5, 0.6) is 0 Å². The number of halogens is 3. The van der Waals surface area contributed by atoms with Gasteiger partial charge in [-0.05, 0) is 30.2 Å². The van der Waals surface area contributed by atoms with Gasteiger partial charge in [0.1, 0.15) is 0 Å². The lowest BCUT2D eigenvalue weighted by Crippen LogP contribution is -2.05. The van der Waals surface area contributed by atoms with Crippen LogP contribution >= 0.6 is 34.8 Å². The van der Waals surface area contributed by atoms with E-state index in [2.05, 4.69) is 5.32 Å². The first-order chi connectivity index (χ1) is 8.68. The molecule has 0 fully saturated rings. The van der Waals surface area contributed by atoms with Gasteiger partial charge in [0.15, 0.2) is 0 Å². The average molecular weight is 301 g/mol. The molecule has 1 nitrogen and oxygen atoms in total. The van der Waals surface area contributed by atoms with Crippen LogP contribution in [0.2, 0.25) is 15.1 Å². The molecular weight excluding hydrogens is 289 g/mol. The number of benzene rings is 2. The van der Waals surface area contributed by atoms with Crippen molar-refractivity contribution in [2.45, 2.75) is 6.42 Å². The second-order valence-corrected chi connectivity index (χ2v) is 5.06. The standard InChI is InChI=1S/C14H12Cl3N/c15-11-5-2-1-4-10(11)8-9-18-13-7-3-6-12(16)14(13)17/h1-7,18H,8-9H2. The van der Waals surface area contributed by atoms with Crippen LogP contribution in [0.15, 0.2) is 42.5 Å². The maximum atomic E-state index is 6.09. The topological polar surface area (TPSA) is 12.0 Å². The molecule has 4 heteroatoms. The van der Waals surface area contributed by atoms with E-state index < -0.39 is 0 Å². The van der Waals surface area contributed by atoms with Crippen LogP contribution in [0.3, 0.4) is 0 Å². The Morgan fingerprint density at radius 2 is 1.56 bits per heavy atom. The minimum absolute atomic E-state index is 0.554. The van der Waals surface area contributed by atoms with Crippen molar-refractivity contribution in [2.24, 2.45) is 0 Å². The van der Waals surface area contributed by atoms with Crippen molar-refractivity contribution in [3.63, 3.8) is 0 Å². The van der Waals surface area contributed by atoms with Crippen molar-refractivity contribution in [1.82, 2.24) is 0 Å². The summed E-state index contributed by atoms with van der Waals surface area (Å²) in [5.41, 5.74) is 1.96. The summed E-state index contributed by atoms with van der Waals surface area (Å²) in [6.45, 7) is 0.754. The smallest absolute Gasteiger partial charge is 0.0823 e. The first kappa shape index (κ1) is 13.5. The highest BCUT2D eigenvalue weighted by molar-refractivity contribution is 6.43. The Morgan fingerprint density at radius 3 is 2.33 bits per heavy atom. The summed E-state index contributed by atoms with van der Waals surface area (Å²) in [4.78, 5) is 0. The van der Waals surface area contributed by atoms with Gasteiger partial charge in [-0.3, -0.25) is 0 Å². The maximum absolute atomic E-state index is 6.09. The summed E-state index contributed by atoms with van der Waals surface area (Å²) in [5, 5.41) is 5.15. The van der Waals surface area contributed by atoms with Gasteiger partial charge in [-0.15, -0.1) is 0 Å². The van der Waals surface area contributed by atoms with E-state index in [9.17, 15) is 0 Å². The van der Waals surface area contributed by atoms with E-state index in [1.807, 2.05) is 36.4 Å². The van der Waals surface area contributed by atoms with E-state index in [1.165, 1.54) is 0 Å². The molecule has 94 valence electrons. The first-order valence-electron chi connectivity index (χ1n) is 5.60. The van der Waals surface area contributed by atoms with E-state index in [0.29, 0.717) is 10.0 Å². The Hall–Kier alpha value is -0.890. The van der Waals surface area contributed by atoms with E-state index in [0.717, 1.165) is 29.2 Å². The zero-order valence-electron chi connectivity index (χ0n) is 9.59. The van der Waals surface area contributed by atoms with Crippen LogP contribution in [0.1, 0.15) is 5.56 Å². The molecule has 0 saturated carbocycles. The molecule has 0 amide bonds. The lowest BCUT2D eigenvalue weighted by atomic mass is 10.1. The zero-order chi connectivity index (χ0) is 13.0. The molecule has 2 aromatic rings. The molecule has 0 aliphatic heterocycles. The number of hydrogen-bond donors (Lipinski definition) is 1. The number of hydrogen-bond acceptors (Lipinski definition) is 1. The third-order valence-corrected chi connectivity index (χ3v) is 3.81. The van der Waals surface area contributed by atoms with Gasteiger partial charge in [0.2, 0.25) is 0 Å². The predicted octanol–water partition coefficient (Wildman–Crippen LogP) is 5.30. The van der Waals surface area contributed by atoms with Crippen LogP contribution in [0.4, 0.5) is 5.69 Å². The lowest BCUT2D eigenvalue weighted by molar-refractivity contribution is 1.02. The first-order valence-corrected chi connectivity index (χ1v) is 6.73. The van der Waals surface area contributed by atoms with Crippen LogP contribution < -0.4 is 5.32 Å². The molecule has 2 rings (SSSR count). The van der Waals surface area contributed by atoms with Gasteiger partial charge < -0.3 is 5.32 Å².